The molecule has 0 saturated heterocycles. The van der Waals surface area contributed by atoms with E-state index in [1.54, 1.807) is 16.1 Å². The lowest BCUT2D eigenvalue weighted by Gasteiger charge is -2.38. The van der Waals surface area contributed by atoms with Gasteiger partial charge in [0.2, 0.25) is 5.91 Å². The van der Waals surface area contributed by atoms with E-state index in [0.717, 1.165) is 33.9 Å². The minimum absolute atomic E-state index is 0.0827. The van der Waals surface area contributed by atoms with Crippen LogP contribution in [0.4, 0.5) is 16.2 Å². The molecule has 1 atom stereocenters. The molecule has 5 rings (SSSR count). The molecule has 1 N–H and O–H groups in total. The monoisotopic (exact) mass is 482 g/mol. The van der Waals surface area contributed by atoms with Gasteiger partial charge in [-0.2, -0.15) is 0 Å². The molecule has 7 heteroatoms. The highest BCUT2D eigenvalue weighted by Crippen LogP contribution is 2.42. The molecule has 1 aliphatic heterocycles. The second-order valence-corrected chi connectivity index (χ2v) is 9.39. The first-order valence-corrected chi connectivity index (χ1v) is 12.1. The van der Waals surface area contributed by atoms with Crippen molar-refractivity contribution >= 4 is 23.3 Å². The van der Waals surface area contributed by atoms with Crippen molar-refractivity contribution in [2.75, 3.05) is 16.8 Å². The molecule has 1 aliphatic rings. The fraction of sp³-hybridized carbons (Fsp3) is 0.241. The summed E-state index contributed by atoms with van der Waals surface area (Å²) in [7, 11) is 0. The van der Waals surface area contributed by atoms with Crippen LogP contribution in [0.5, 0.6) is 0 Å². The molecule has 7 nitrogen and oxygen atoms in total. The molecule has 4 aromatic rings. The van der Waals surface area contributed by atoms with Crippen LogP contribution in [-0.4, -0.2) is 34.0 Å². The van der Waals surface area contributed by atoms with E-state index < -0.39 is 6.04 Å². The number of aromatic nitrogens is 1. The Hall–Kier alpha value is -4.26. The lowest BCUT2D eigenvalue weighted by atomic mass is 10.0. The number of anilines is 2. The summed E-state index contributed by atoms with van der Waals surface area (Å²) in [6.07, 6.45) is 3.61. The maximum atomic E-state index is 14.1. The summed E-state index contributed by atoms with van der Waals surface area (Å²) in [6, 6.07) is 20.4. The average molecular weight is 483 g/mol. The van der Waals surface area contributed by atoms with Crippen LogP contribution in [0.2, 0.25) is 0 Å². The lowest BCUT2D eigenvalue weighted by molar-refractivity contribution is -0.120. The van der Waals surface area contributed by atoms with Crippen molar-refractivity contribution in [2.24, 2.45) is 0 Å². The summed E-state index contributed by atoms with van der Waals surface area (Å²) in [5.74, 6) is 0.468. The number of rotatable bonds is 5. The Morgan fingerprint density at radius 2 is 1.67 bits per heavy atom. The van der Waals surface area contributed by atoms with Gasteiger partial charge in [-0.3, -0.25) is 9.69 Å². The van der Waals surface area contributed by atoms with Crippen LogP contribution in [0.15, 0.2) is 83.6 Å². The smallest absolute Gasteiger partial charge is 0.322 e. The van der Waals surface area contributed by atoms with Crippen LogP contribution in [0, 0.1) is 13.8 Å². The molecule has 0 radical (unpaired) electrons. The minimum atomic E-state index is -0.451. The Labute approximate surface area is 210 Å². The fourth-order valence-corrected chi connectivity index (χ4v) is 4.88. The van der Waals surface area contributed by atoms with Crippen LogP contribution in [0.3, 0.4) is 0 Å². The van der Waals surface area contributed by atoms with E-state index >= 15 is 0 Å². The number of furan rings is 1. The van der Waals surface area contributed by atoms with E-state index in [-0.39, 0.29) is 24.5 Å². The summed E-state index contributed by atoms with van der Waals surface area (Å²) in [5, 5.41) is 3.03. The van der Waals surface area contributed by atoms with Gasteiger partial charge < -0.3 is 19.2 Å². The third-order valence-electron chi connectivity index (χ3n) is 6.70. The summed E-state index contributed by atoms with van der Waals surface area (Å²) < 4.78 is 7.88. The predicted molar refractivity (Wildman–Crippen MR) is 141 cm³/mol. The summed E-state index contributed by atoms with van der Waals surface area (Å²) in [6.45, 7) is 7.66. The first kappa shape index (κ1) is 23.5. The average Bonchev–Trinajstić information content (AvgIpc) is 3.56. The number of urea groups is 1. The van der Waals surface area contributed by atoms with E-state index in [9.17, 15) is 9.59 Å². The molecular formula is C29H30N4O3. The zero-order valence-corrected chi connectivity index (χ0v) is 20.9. The summed E-state index contributed by atoms with van der Waals surface area (Å²) in [5.41, 5.74) is 5.32. The van der Waals surface area contributed by atoms with Gasteiger partial charge in [-0.1, -0.05) is 30.3 Å². The third kappa shape index (κ3) is 4.06. The summed E-state index contributed by atoms with van der Waals surface area (Å²) in [4.78, 5) is 30.8. The van der Waals surface area contributed by atoms with Gasteiger partial charge in [-0.25, -0.2) is 4.79 Å². The Morgan fingerprint density at radius 1 is 0.944 bits per heavy atom. The number of para-hydroxylation sites is 3. The van der Waals surface area contributed by atoms with Crippen LogP contribution in [0.25, 0.3) is 5.69 Å². The van der Waals surface area contributed by atoms with Crippen molar-refractivity contribution in [3.8, 4) is 5.69 Å². The second kappa shape index (κ2) is 9.41. The second-order valence-electron chi connectivity index (χ2n) is 9.39. The fourth-order valence-electron chi connectivity index (χ4n) is 4.88. The highest BCUT2D eigenvalue weighted by Gasteiger charge is 2.38. The van der Waals surface area contributed by atoms with Gasteiger partial charge in [-0.05, 0) is 75.2 Å². The number of hydrogen-bond donors (Lipinski definition) is 1. The molecule has 0 fully saturated rings. The van der Waals surface area contributed by atoms with E-state index in [2.05, 4.69) is 9.88 Å². The molecule has 0 saturated carbocycles. The summed E-state index contributed by atoms with van der Waals surface area (Å²) >= 11 is 0. The highest BCUT2D eigenvalue weighted by atomic mass is 16.3. The standard InChI is InChI=1S/C29H30N4O3/c1-19(2)32(29(35)30-27-20(3)10-7-11-21(27)4)18-26(34)33-23-13-6-5-12-22(23)31-16-8-14-24(31)28(33)25-15-9-17-36-25/h5-17,19,28H,18H2,1-4H3,(H,30,35). The maximum absolute atomic E-state index is 14.1. The minimum Gasteiger partial charge on any atom is -0.467 e. The first-order valence-electron chi connectivity index (χ1n) is 12.1. The van der Waals surface area contributed by atoms with Crippen LogP contribution in [0.1, 0.15) is 42.5 Å². The number of amides is 3. The van der Waals surface area contributed by atoms with Crippen molar-refractivity contribution in [3.63, 3.8) is 0 Å². The van der Waals surface area contributed by atoms with Crippen LogP contribution < -0.4 is 10.2 Å². The molecule has 0 spiro atoms. The number of hydrogen-bond acceptors (Lipinski definition) is 3. The molecule has 36 heavy (non-hydrogen) atoms. The van der Waals surface area contributed by atoms with Gasteiger partial charge in [0.1, 0.15) is 18.3 Å². The maximum Gasteiger partial charge on any atom is 0.322 e. The van der Waals surface area contributed by atoms with Crippen molar-refractivity contribution in [2.45, 2.75) is 39.8 Å². The zero-order valence-electron chi connectivity index (χ0n) is 20.9. The molecule has 2 aromatic heterocycles. The molecule has 2 aromatic carbocycles. The van der Waals surface area contributed by atoms with Crippen molar-refractivity contribution in [1.82, 2.24) is 9.47 Å². The van der Waals surface area contributed by atoms with Crippen molar-refractivity contribution in [1.29, 1.82) is 0 Å². The van der Waals surface area contributed by atoms with Crippen LogP contribution in [-0.2, 0) is 4.79 Å². The molecule has 0 bridgehead atoms. The number of carbonyl (C=O) groups excluding carboxylic acids is 2. The van der Waals surface area contributed by atoms with E-state index in [1.165, 1.54) is 0 Å². The molecule has 184 valence electrons. The Morgan fingerprint density at radius 3 is 2.33 bits per heavy atom. The van der Waals surface area contributed by atoms with Crippen LogP contribution >= 0.6 is 0 Å². The van der Waals surface area contributed by atoms with E-state index in [4.69, 9.17) is 4.42 Å². The number of benzene rings is 2. The van der Waals surface area contributed by atoms with Gasteiger partial charge in [0.15, 0.2) is 0 Å². The van der Waals surface area contributed by atoms with Gasteiger partial charge >= 0.3 is 6.03 Å². The van der Waals surface area contributed by atoms with Gasteiger partial charge in [0.25, 0.3) is 0 Å². The highest BCUT2D eigenvalue weighted by molar-refractivity contribution is 6.01. The number of nitrogens with zero attached hydrogens (tertiary/aromatic N) is 3. The molecular weight excluding hydrogens is 452 g/mol. The molecule has 1 unspecified atom stereocenters. The third-order valence-corrected chi connectivity index (χ3v) is 6.70. The Balaban J connectivity index is 1.50. The number of carbonyl (C=O) groups is 2. The Bertz CT molecular complexity index is 1380. The topological polar surface area (TPSA) is 70.7 Å². The quantitative estimate of drug-likeness (QED) is 0.376. The predicted octanol–water partition coefficient (Wildman–Crippen LogP) is 6.07. The molecule has 0 aliphatic carbocycles. The van der Waals surface area contributed by atoms with Crippen molar-refractivity contribution < 1.29 is 14.0 Å². The number of aryl methyl sites for hydroxylation is 2. The van der Waals surface area contributed by atoms with Gasteiger partial charge in [0.05, 0.1) is 23.3 Å². The first-order chi connectivity index (χ1) is 17.4. The van der Waals surface area contributed by atoms with E-state index in [0.29, 0.717) is 5.76 Å². The molecule has 3 amide bonds. The largest absolute Gasteiger partial charge is 0.467 e. The number of fused-ring (bicyclic) bond motifs is 3. The van der Waals surface area contributed by atoms with Gasteiger partial charge in [0, 0.05) is 17.9 Å². The molecule has 3 heterocycles. The van der Waals surface area contributed by atoms with Gasteiger partial charge in [-0.15, -0.1) is 0 Å². The SMILES string of the molecule is Cc1cccc(C)c1NC(=O)N(CC(=O)N1c2ccccc2-n2cccc2C1c1ccco1)C(C)C. The van der Waals surface area contributed by atoms with E-state index in [1.807, 2.05) is 101 Å². The zero-order chi connectivity index (χ0) is 25.4. The van der Waals surface area contributed by atoms with Crippen molar-refractivity contribution in [3.05, 3.63) is 102 Å². The number of nitrogens with one attached hydrogen (secondary N) is 1. The Kier molecular flexibility index (Phi) is 6.14. The lowest BCUT2D eigenvalue weighted by Crippen LogP contribution is -2.49. The normalized spacial score (nSPS) is 14.4.